The molecule has 1 aromatic rings. The van der Waals surface area contributed by atoms with Crippen molar-refractivity contribution in [3.63, 3.8) is 0 Å². The first kappa shape index (κ1) is 14.3. The Balaban J connectivity index is 2.81. The van der Waals surface area contributed by atoms with Crippen molar-refractivity contribution in [2.45, 2.75) is 18.6 Å². The van der Waals surface area contributed by atoms with Gasteiger partial charge in [-0.05, 0) is 6.92 Å². The SMILES string of the molecule is CCN(C)C(=O)Cn1c(SCC(=O)O)n[nH]c1=O. The van der Waals surface area contributed by atoms with E-state index in [4.69, 9.17) is 5.11 Å². The number of H-pyrrole nitrogens is 1. The van der Waals surface area contributed by atoms with Crippen LogP contribution in [0.2, 0.25) is 0 Å². The zero-order valence-electron chi connectivity index (χ0n) is 10.0. The Hall–Kier alpha value is -1.77. The van der Waals surface area contributed by atoms with E-state index in [0.717, 1.165) is 16.3 Å². The van der Waals surface area contributed by atoms with Crippen molar-refractivity contribution < 1.29 is 14.7 Å². The molecule has 1 rings (SSSR count). The summed E-state index contributed by atoms with van der Waals surface area (Å²) in [5.41, 5.74) is -0.527. The molecule has 1 heterocycles. The summed E-state index contributed by atoms with van der Waals surface area (Å²) < 4.78 is 1.13. The number of thioether (sulfide) groups is 1. The molecule has 0 atom stereocenters. The topological polar surface area (TPSA) is 108 Å². The summed E-state index contributed by atoms with van der Waals surface area (Å²) in [4.78, 5) is 35.0. The standard InChI is InChI=1S/C9H14N4O4S/c1-3-12(2)6(14)4-13-8(17)10-11-9(13)18-5-7(15)16/h3-5H2,1-2H3,(H,10,17)(H,15,16). The maximum absolute atomic E-state index is 11.7. The molecule has 0 saturated carbocycles. The quantitative estimate of drug-likeness (QED) is 0.659. The van der Waals surface area contributed by atoms with E-state index >= 15 is 0 Å². The second kappa shape index (κ2) is 6.24. The molecule has 9 heteroatoms. The molecule has 0 fully saturated rings. The number of carbonyl (C=O) groups is 2. The molecule has 0 aliphatic heterocycles. The van der Waals surface area contributed by atoms with E-state index < -0.39 is 11.7 Å². The van der Waals surface area contributed by atoms with Crippen LogP contribution in [0.1, 0.15) is 6.92 Å². The van der Waals surface area contributed by atoms with E-state index in [1.807, 2.05) is 6.92 Å². The number of nitrogens with one attached hydrogen (secondary N) is 1. The highest BCUT2D eigenvalue weighted by Gasteiger charge is 2.15. The van der Waals surface area contributed by atoms with Crippen molar-refractivity contribution in [3.05, 3.63) is 10.5 Å². The maximum atomic E-state index is 11.7. The van der Waals surface area contributed by atoms with Crippen molar-refractivity contribution in [2.24, 2.45) is 0 Å². The van der Waals surface area contributed by atoms with E-state index in [9.17, 15) is 14.4 Å². The summed E-state index contributed by atoms with van der Waals surface area (Å²) in [5, 5.41) is 14.6. The van der Waals surface area contributed by atoms with Gasteiger partial charge in [-0.15, -0.1) is 5.10 Å². The highest BCUT2D eigenvalue weighted by molar-refractivity contribution is 7.99. The Morgan fingerprint density at radius 2 is 2.22 bits per heavy atom. The molecule has 0 unspecified atom stereocenters. The minimum Gasteiger partial charge on any atom is -0.481 e. The van der Waals surface area contributed by atoms with Crippen LogP contribution in [-0.4, -0.2) is 56.0 Å². The molecule has 100 valence electrons. The van der Waals surface area contributed by atoms with Gasteiger partial charge in [0.1, 0.15) is 6.54 Å². The second-order valence-electron chi connectivity index (χ2n) is 3.49. The molecule has 2 N–H and O–H groups in total. The van der Waals surface area contributed by atoms with E-state index in [1.54, 1.807) is 7.05 Å². The van der Waals surface area contributed by atoms with Crippen LogP contribution >= 0.6 is 11.8 Å². The lowest BCUT2D eigenvalue weighted by atomic mass is 10.5. The fourth-order valence-corrected chi connectivity index (χ4v) is 1.78. The van der Waals surface area contributed by atoms with Crippen LogP contribution in [0.3, 0.4) is 0 Å². The predicted octanol–water partition coefficient (Wildman–Crippen LogP) is -0.774. The van der Waals surface area contributed by atoms with Gasteiger partial charge < -0.3 is 10.0 Å². The van der Waals surface area contributed by atoms with Crippen LogP contribution in [0.5, 0.6) is 0 Å². The molecule has 0 aliphatic carbocycles. The van der Waals surface area contributed by atoms with Gasteiger partial charge in [0.2, 0.25) is 5.91 Å². The molecule has 1 amide bonds. The Morgan fingerprint density at radius 3 is 2.78 bits per heavy atom. The third kappa shape index (κ3) is 3.62. The van der Waals surface area contributed by atoms with Crippen molar-refractivity contribution in [1.29, 1.82) is 0 Å². The number of aromatic nitrogens is 3. The Kier molecular flexibility index (Phi) is 4.95. The van der Waals surface area contributed by atoms with Gasteiger partial charge in [0.25, 0.3) is 0 Å². The van der Waals surface area contributed by atoms with E-state index in [1.165, 1.54) is 4.90 Å². The average molecular weight is 274 g/mol. The highest BCUT2D eigenvalue weighted by atomic mass is 32.2. The number of carbonyl (C=O) groups excluding carboxylic acids is 1. The zero-order valence-corrected chi connectivity index (χ0v) is 10.9. The first-order chi connectivity index (χ1) is 8.45. The summed E-state index contributed by atoms with van der Waals surface area (Å²) in [6, 6.07) is 0. The van der Waals surface area contributed by atoms with Crippen LogP contribution in [0.25, 0.3) is 0 Å². The molecule has 0 bridgehead atoms. The molecule has 0 spiro atoms. The molecule has 18 heavy (non-hydrogen) atoms. The van der Waals surface area contributed by atoms with Gasteiger partial charge in [0, 0.05) is 13.6 Å². The molecular weight excluding hydrogens is 260 g/mol. The number of aliphatic carboxylic acids is 1. The number of likely N-dealkylation sites (N-methyl/N-ethyl adjacent to an activating group) is 1. The Labute approximate surface area is 107 Å². The first-order valence-corrected chi connectivity index (χ1v) is 6.18. The van der Waals surface area contributed by atoms with E-state index in [2.05, 4.69) is 10.2 Å². The van der Waals surface area contributed by atoms with Gasteiger partial charge in [-0.2, -0.15) is 0 Å². The summed E-state index contributed by atoms with van der Waals surface area (Å²) in [6.45, 7) is 2.20. The summed E-state index contributed by atoms with van der Waals surface area (Å²) in [5.74, 6) is -1.47. The molecule has 8 nitrogen and oxygen atoms in total. The van der Waals surface area contributed by atoms with Gasteiger partial charge in [-0.25, -0.2) is 9.89 Å². The molecule has 0 aromatic carbocycles. The Bertz CT molecular complexity index is 495. The van der Waals surface area contributed by atoms with E-state index in [0.29, 0.717) is 6.54 Å². The van der Waals surface area contributed by atoms with Gasteiger partial charge in [0.05, 0.1) is 5.75 Å². The van der Waals surface area contributed by atoms with Gasteiger partial charge in [0.15, 0.2) is 5.16 Å². The average Bonchev–Trinajstić information content (AvgIpc) is 2.67. The first-order valence-electron chi connectivity index (χ1n) is 5.19. The Morgan fingerprint density at radius 1 is 1.56 bits per heavy atom. The zero-order chi connectivity index (χ0) is 13.7. The van der Waals surface area contributed by atoms with Crippen LogP contribution < -0.4 is 5.69 Å². The lowest BCUT2D eigenvalue weighted by Crippen LogP contribution is -2.33. The summed E-state index contributed by atoms with van der Waals surface area (Å²) >= 11 is 0.888. The largest absolute Gasteiger partial charge is 0.481 e. The normalized spacial score (nSPS) is 10.3. The molecule has 0 radical (unpaired) electrons. The van der Waals surface area contributed by atoms with Crippen molar-refractivity contribution in [2.75, 3.05) is 19.3 Å². The number of amides is 1. The number of nitrogens with zero attached hydrogens (tertiary/aromatic N) is 3. The molecule has 1 aromatic heterocycles. The van der Waals surface area contributed by atoms with Crippen LogP contribution in [0.4, 0.5) is 0 Å². The van der Waals surface area contributed by atoms with Crippen molar-refractivity contribution in [3.8, 4) is 0 Å². The highest BCUT2D eigenvalue weighted by Crippen LogP contribution is 2.12. The number of hydrogen-bond acceptors (Lipinski definition) is 5. The summed E-state index contributed by atoms with van der Waals surface area (Å²) in [6.07, 6.45) is 0. The fourth-order valence-electron chi connectivity index (χ4n) is 1.11. The second-order valence-corrected chi connectivity index (χ2v) is 4.43. The third-order valence-corrected chi connectivity index (χ3v) is 3.20. The van der Waals surface area contributed by atoms with Gasteiger partial charge in [-0.1, -0.05) is 11.8 Å². The van der Waals surface area contributed by atoms with Crippen molar-refractivity contribution in [1.82, 2.24) is 19.7 Å². The number of carboxylic acids is 1. The predicted molar refractivity (Wildman–Crippen MR) is 64.5 cm³/mol. The van der Waals surface area contributed by atoms with Crippen molar-refractivity contribution >= 4 is 23.6 Å². The molecule has 0 saturated heterocycles. The van der Waals surface area contributed by atoms with Gasteiger partial charge in [-0.3, -0.25) is 14.2 Å². The number of carboxylic acid groups (broad SMARTS) is 1. The van der Waals surface area contributed by atoms with E-state index in [-0.39, 0.29) is 23.4 Å². The number of hydrogen-bond donors (Lipinski definition) is 2. The third-order valence-electron chi connectivity index (χ3n) is 2.24. The maximum Gasteiger partial charge on any atom is 0.344 e. The monoisotopic (exact) mass is 274 g/mol. The number of aromatic amines is 1. The smallest absolute Gasteiger partial charge is 0.344 e. The lowest BCUT2D eigenvalue weighted by molar-refractivity contribution is -0.134. The number of rotatable bonds is 6. The van der Waals surface area contributed by atoms with Crippen LogP contribution in [0.15, 0.2) is 9.95 Å². The fraction of sp³-hybridized carbons (Fsp3) is 0.556. The lowest BCUT2D eigenvalue weighted by Gasteiger charge is -2.14. The minimum absolute atomic E-state index is 0.151. The molecular formula is C9H14N4O4S. The van der Waals surface area contributed by atoms with Crippen LogP contribution in [-0.2, 0) is 16.1 Å². The van der Waals surface area contributed by atoms with Gasteiger partial charge >= 0.3 is 11.7 Å². The molecule has 0 aliphatic rings. The van der Waals surface area contributed by atoms with Crippen LogP contribution in [0, 0.1) is 0 Å². The minimum atomic E-state index is -1.01. The summed E-state index contributed by atoms with van der Waals surface area (Å²) in [7, 11) is 1.62.